The number of thiazole rings is 1. The molecule has 36 heavy (non-hydrogen) atoms. The van der Waals surface area contributed by atoms with Crippen LogP contribution in [0.2, 0.25) is 0 Å². The summed E-state index contributed by atoms with van der Waals surface area (Å²) in [5.74, 6) is -0.653. The quantitative estimate of drug-likeness (QED) is 0.301. The van der Waals surface area contributed by atoms with E-state index in [1.54, 1.807) is 0 Å². The molecule has 10 heteroatoms. The molecule has 0 radical (unpaired) electrons. The zero-order valence-electron chi connectivity index (χ0n) is 20.0. The van der Waals surface area contributed by atoms with Gasteiger partial charge in [0.05, 0.1) is 25.3 Å². The third-order valence-corrected chi connectivity index (χ3v) is 9.35. The van der Waals surface area contributed by atoms with Crippen molar-refractivity contribution in [3.05, 3.63) is 70.0 Å². The number of pyridine rings is 1. The number of carbonyl (C=O) groups is 3. The summed E-state index contributed by atoms with van der Waals surface area (Å²) in [7, 11) is -2.73. The highest BCUT2D eigenvalue weighted by atomic mass is 32.2. The molecule has 0 amide bonds. The minimum Gasteiger partial charge on any atom is -0.465 e. The van der Waals surface area contributed by atoms with Crippen LogP contribution in [-0.4, -0.2) is 43.0 Å². The molecular formula is C26H26N2O6S2. The second kappa shape index (κ2) is 10.8. The molecule has 0 N–H and O–H groups in total. The van der Waals surface area contributed by atoms with Crippen LogP contribution in [0.3, 0.4) is 0 Å². The highest BCUT2D eigenvalue weighted by molar-refractivity contribution is 7.93. The zero-order chi connectivity index (χ0) is 25.9. The van der Waals surface area contributed by atoms with Crippen molar-refractivity contribution >= 4 is 38.7 Å². The van der Waals surface area contributed by atoms with E-state index >= 15 is 0 Å². The minimum atomic E-state index is -3.96. The monoisotopic (exact) mass is 526 g/mol. The Balaban J connectivity index is 1.47. The summed E-state index contributed by atoms with van der Waals surface area (Å²) in [6.07, 6.45) is 6.25. The van der Waals surface area contributed by atoms with Crippen LogP contribution < -0.4 is 0 Å². The summed E-state index contributed by atoms with van der Waals surface area (Å²) < 4.78 is 30.4. The van der Waals surface area contributed by atoms with Crippen LogP contribution in [0.1, 0.15) is 62.5 Å². The smallest absolute Gasteiger partial charge is 0.339 e. The van der Waals surface area contributed by atoms with Crippen molar-refractivity contribution in [3.8, 4) is 0 Å². The molecule has 4 rings (SSSR count). The number of carbonyl (C=O) groups excluding carboxylic acids is 3. The third-order valence-electron chi connectivity index (χ3n) is 6.22. The van der Waals surface area contributed by atoms with Crippen molar-refractivity contribution in [1.29, 1.82) is 0 Å². The van der Waals surface area contributed by atoms with Gasteiger partial charge in [0.1, 0.15) is 15.0 Å². The SMILES string of the molecule is COC(=O)c1ccc(S(=O)(=O)c2cnc(CC(=O)Cc3ccc(C)cc3C(=O)C3CCCC3)s2)nc1. The van der Waals surface area contributed by atoms with Gasteiger partial charge in [-0.15, -0.1) is 11.3 Å². The van der Waals surface area contributed by atoms with Gasteiger partial charge < -0.3 is 4.74 Å². The number of ether oxygens (including phenoxy) is 1. The van der Waals surface area contributed by atoms with E-state index in [0.717, 1.165) is 48.8 Å². The van der Waals surface area contributed by atoms with Gasteiger partial charge in [-0.05, 0) is 43.5 Å². The Bertz CT molecular complexity index is 1400. The number of methoxy groups -OCH3 is 1. The van der Waals surface area contributed by atoms with Gasteiger partial charge in [-0.2, -0.15) is 0 Å². The molecule has 188 valence electrons. The number of aromatic nitrogens is 2. The van der Waals surface area contributed by atoms with E-state index < -0.39 is 15.8 Å². The van der Waals surface area contributed by atoms with E-state index in [4.69, 9.17) is 0 Å². The Morgan fingerprint density at radius 3 is 2.44 bits per heavy atom. The van der Waals surface area contributed by atoms with E-state index in [9.17, 15) is 22.8 Å². The number of hydrogen-bond donors (Lipinski definition) is 0. The first-order valence-electron chi connectivity index (χ1n) is 11.6. The van der Waals surface area contributed by atoms with Gasteiger partial charge in [0.2, 0.25) is 9.84 Å². The van der Waals surface area contributed by atoms with Crippen molar-refractivity contribution in [2.24, 2.45) is 5.92 Å². The van der Waals surface area contributed by atoms with Crippen molar-refractivity contribution in [3.63, 3.8) is 0 Å². The summed E-state index contributed by atoms with van der Waals surface area (Å²) in [5, 5.41) is 0.131. The first kappa shape index (κ1) is 25.8. The van der Waals surface area contributed by atoms with Crippen molar-refractivity contribution in [2.45, 2.75) is 54.7 Å². The molecule has 1 aliphatic rings. The molecule has 0 spiro atoms. The summed E-state index contributed by atoms with van der Waals surface area (Å²) in [6.45, 7) is 1.92. The number of sulfone groups is 1. The van der Waals surface area contributed by atoms with E-state index in [0.29, 0.717) is 16.1 Å². The van der Waals surface area contributed by atoms with E-state index in [2.05, 4.69) is 14.7 Å². The fourth-order valence-electron chi connectivity index (χ4n) is 4.31. The number of ketones is 2. The molecule has 1 saturated carbocycles. The fraction of sp³-hybridized carbons (Fsp3) is 0.346. The van der Waals surface area contributed by atoms with E-state index in [-0.39, 0.29) is 45.1 Å². The molecule has 2 aromatic heterocycles. The molecule has 0 saturated heterocycles. The normalized spacial score (nSPS) is 14.1. The van der Waals surface area contributed by atoms with Gasteiger partial charge in [-0.25, -0.2) is 23.2 Å². The van der Waals surface area contributed by atoms with Gasteiger partial charge in [0.25, 0.3) is 0 Å². The maximum absolute atomic E-state index is 13.1. The summed E-state index contributed by atoms with van der Waals surface area (Å²) in [6, 6.07) is 8.13. The zero-order valence-corrected chi connectivity index (χ0v) is 21.7. The first-order valence-corrected chi connectivity index (χ1v) is 13.9. The molecule has 0 bridgehead atoms. The topological polar surface area (TPSA) is 120 Å². The van der Waals surface area contributed by atoms with Gasteiger partial charge in [-0.3, -0.25) is 9.59 Å². The predicted molar refractivity (Wildman–Crippen MR) is 133 cm³/mol. The maximum atomic E-state index is 13.1. The Morgan fingerprint density at radius 1 is 1.03 bits per heavy atom. The van der Waals surface area contributed by atoms with Crippen molar-refractivity contribution in [2.75, 3.05) is 7.11 Å². The second-order valence-electron chi connectivity index (χ2n) is 8.85. The number of Topliss-reactive ketones (excluding diaryl/α,β-unsaturated/α-hetero) is 2. The van der Waals surface area contributed by atoms with E-state index in [1.165, 1.54) is 25.4 Å². The van der Waals surface area contributed by atoms with Gasteiger partial charge >= 0.3 is 5.97 Å². The van der Waals surface area contributed by atoms with Crippen LogP contribution in [0.5, 0.6) is 0 Å². The number of hydrogen-bond acceptors (Lipinski definition) is 9. The molecule has 1 aliphatic carbocycles. The molecule has 1 fully saturated rings. The largest absolute Gasteiger partial charge is 0.465 e. The number of rotatable bonds is 9. The summed E-state index contributed by atoms with van der Waals surface area (Å²) >= 11 is 0.903. The van der Waals surface area contributed by atoms with Crippen molar-refractivity contribution < 1.29 is 27.5 Å². The van der Waals surface area contributed by atoms with Gasteiger partial charge in [-0.1, -0.05) is 30.5 Å². The molecule has 3 aromatic rings. The minimum absolute atomic E-state index is 0.0164. The highest BCUT2D eigenvalue weighted by Crippen LogP contribution is 2.30. The number of aryl methyl sites for hydroxylation is 1. The lowest BCUT2D eigenvalue weighted by atomic mass is 9.90. The number of benzene rings is 1. The number of esters is 1. The second-order valence-corrected chi connectivity index (χ2v) is 12.1. The average molecular weight is 527 g/mol. The molecule has 0 atom stereocenters. The highest BCUT2D eigenvalue weighted by Gasteiger charge is 2.27. The lowest BCUT2D eigenvalue weighted by molar-refractivity contribution is -0.117. The molecular weight excluding hydrogens is 500 g/mol. The van der Waals surface area contributed by atoms with Crippen LogP contribution in [-0.2, 0) is 32.2 Å². The Kier molecular flexibility index (Phi) is 7.75. The van der Waals surface area contributed by atoms with Crippen LogP contribution in [0.4, 0.5) is 0 Å². The third kappa shape index (κ3) is 5.60. The predicted octanol–water partition coefficient (Wildman–Crippen LogP) is 4.19. The van der Waals surface area contributed by atoms with Crippen molar-refractivity contribution in [1.82, 2.24) is 9.97 Å². The summed E-state index contributed by atoms with van der Waals surface area (Å²) in [4.78, 5) is 45.5. The fourth-order valence-corrected chi connectivity index (χ4v) is 6.80. The molecule has 0 aliphatic heterocycles. The van der Waals surface area contributed by atoms with E-state index in [1.807, 2.05) is 25.1 Å². The van der Waals surface area contributed by atoms with Crippen LogP contribution in [0, 0.1) is 12.8 Å². The first-order chi connectivity index (χ1) is 17.2. The lowest BCUT2D eigenvalue weighted by Crippen LogP contribution is -2.16. The average Bonchev–Trinajstić information content (AvgIpc) is 3.57. The molecule has 2 heterocycles. The Labute approximate surface area is 213 Å². The standard InChI is InChI=1S/C26H26N2O6S2/c1-16-7-8-18(21(11-16)25(30)17-5-3-4-6-17)12-20(29)13-22-27-15-24(35-22)36(32,33)23-10-9-19(14-28-23)26(31)34-2/h7-11,14-15,17H,3-6,12-13H2,1-2H3. The summed E-state index contributed by atoms with van der Waals surface area (Å²) in [5.41, 5.74) is 2.41. The molecule has 1 aromatic carbocycles. The number of nitrogens with zero attached hydrogens (tertiary/aromatic N) is 2. The molecule has 0 unspecified atom stereocenters. The Morgan fingerprint density at radius 2 is 1.78 bits per heavy atom. The Hall–Kier alpha value is -3.24. The maximum Gasteiger partial charge on any atom is 0.339 e. The van der Waals surface area contributed by atoms with Crippen LogP contribution in [0.25, 0.3) is 0 Å². The molecule has 8 nitrogen and oxygen atoms in total. The van der Waals surface area contributed by atoms with Gasteiger partial charge in [0, 0.05) is 24.1 Å². The lowest BCUT2D eigenvalue weighted by Gasteiger charge is -2.13. The van der Waals surface area contributed by atoms with Crippen LogP contribution >= 0.6 is 11.3 Å². The van der Waals surface area contributed by atoms with Crippen LogP contribution in [0.15, 0.2) is 52.0 Å². The van der Waals surface area contributed by atoms with Gasteiger partial charge in [0.15, 0.2) is 10.8 Å².